The molecular formula is C71H29F3N12. The van der Waals surface area contributed by atoms with Gasteiger partial charge in [-0.25, -0.2) is 24.2 Å². The van der Waals surface area contributed by atoms with Crippen molar-refractivity contribution < 1.29 is 13.2 Å². The van der Waals surface area contributed by atoms with E-state index in [0.29, 0.717) is 88.1 Å². The number of rotatable bonds is 7. The van der Waals surface area contributed by atoms with Gasteiger partial charge in [0.25, 0.3) is 0 Å². The van der Waals surface area contributed by atoms with Gasteiger partial charge in [-0.1, -0.05) is 54.6 Å². The van der Waals surface area contributed by atoms with Gasteiger partial charge < -0.3 is 9.13 Å². The number of hydrogen-bond acceptors (Lipinski definition) is 5. The lowest BCUT2D eigenvalue weighted by Crippen LogP contribution is -2.07. The molecule has 0 bridgehead atoms. The Kier molecular flexibility index (Phi) is 12.9. The van der Waals surface area contributed by atoms with Crippen LogP contribution in [-0.2, 0) is 6.18 Å². The molecule has 2 heterocycles. The van der Waals surface area contributed by atoms with Crippen molar-refractivity contribution in [1.29, 1.82) is 26.3 Å². The lowest BCUT2D eigenvalue weighted by molar-refractivity contribution is -0.137. The van der Waals surface area contributed by atoms with E-state index in [-0.39, 0.29) is 78.8 Å². The van der Waals surface area contributed by atoms with Crippen LogP contribution in [0.5, 0.6) is 0 Å². The molecule has 15 heteroatoms. The van der Waals surface area contributed by atoms with Gasteiger partial charge in [-0.2, -0.15) is 39.5 Å². The van der Waals surface area contributed by atoms with Gasteiger partial charge in [0.15, 0.2) is 22.7 Å². The molecule has 0 aliphatic heterocycles. The summed E-state index contributed by atoms with van der Waals surface area (Å²) < 4.78 is 48.9. The number of fused-ring (bicyclic) bond motifs is 6. The van der Waals surface area contributed by atoms with E-state index in [9.17, 15) is 32.9 Å². The molecular weight excluding hydrogens is 1080 g/mol. The summed E-state index contributed by atoms with van der Waals surface area (Å²) in [6.45, 7) is 40.9. The van der Waals surface area contributed by atoms with Crippen molar-refractivity contribution in [2.45, 2.75) is 6.18 Å². The van der Waals surface area contributed by atoms with Gasteiger partial charge in [0, 0.05) is 43.8 Å². The Morgan fingerprint density at radius 1 is 0.326 bits per heavy atom. The second kappa shape index (κ2) is 20.9. The predicted octanol–water partition coefficient (Wildman–Crippen LogP) is 19.3. The molecule has 0 N–H and O–H groups in total. The minimum atomic E-state index is -4.92. The third-order valence-corrected chi connectivity index (χ3v) is 15.0. The minimum Gasteiger partial charge on any atom is -0.319 e. The van der Waals surface area contributed by atoms with Gasteiger partial charge in [-0.15, -0.1) is 0 Å². The molecule has 2 aromatic heterocycles. The van der Waals surface area contributed by atoms with Crippen LogP contribution < -0.4 is 0 Å². The van der Waals surface area contributed by atoms with Crippen LogP contribution in [0.3, 0.4) is 0 Å². The smallest absolute Gasteiger partial charge is 0.319 e. The molecule has 12 aromatic rings. The Balaban J connectivity index is 1.27. The maximum absolute atomic E-state index is 15.1. The van der Waals surface area contributed by atoms with E-state index in [1.165, 1.54) is 30.3 Å². The van der Waals surface area contributed by atoms with Crippen molar-refractivity contribution in [2.24, 2.45) is 0 Å². The molecule has 0 spiro atoms. The number of nitrogens with zero attached hydrogens (tertiary/aromatic N) is 12. The van der Waals surface area contributed by atoms with Gasteiger partial charge in [0.05, 0.1) is 108 Å². The fourth-order valence-electron chi connectivity index (χ4n) is 11.2. The summed E-state index contributed by atoms with van der Waals surface area (Å²) in [5, 5.41) is 53.2. The third kappa shape index (κ3) is 9.09. The van der Waals surface area contributed by atoms with Crippen molar-refractivity contribution >= 4 is 72.0 Å². The van der Waals surface area contributed by atoms with Crippen molar-refractivity contribution in [3.63, 3.8) is 0 Å². The van der Waals surface area contributed by atoms with Crippen molar-refractivity contribution in [3.8, 4) is 97.4 Å². The lowest BCUT2D eigenvalue weighted by atomic mass is 9.96. The largest absolute Gasteiger partial charge is 0.416 e. The molecule has 394 valence electrons. The topological polar surface area (TPSA) is 151 Å². The quantitative estimate of drug-likeness (QED) is 0.146. The van der Waals surface area contributed by atoms with E-state index in [1.54, 1.807) is 65.2 Å². The zero-order valence-electron chi connectivity index (χ0n) is 44.2. The highest BCUT2D eigenvalue weighted by atomic mass is 19.4. The number of hydrogen-bond donors (Lipinski definition) is 0. The Labute approximate surface area is 488 Å². The number of halogens is 3. The monoisotopic (exact) mass is 1110 g/mol. The first kappa shape index (κ1) is 53.1. The summed E-state index contributed by atoms with van der Waals surface area (Å²) in [4.78, 5) is 18.8. The van der Waals surface area contributed by atoms with Gasteiger partial charge in [0.2, 0.25) is 5.69 Å². The van der Waals surface area contributed by atoms with Crippen LogP contribution in [0.1, 0.15) is 33.4 Å². The lowest BCUT2D eigenvalue weighted by Gasteiger charge is -2.21. The zero-order valence-corrected chi connectivity index (χ0v) is 44.2. The van der Waals surface area contributed by atoms with Crippen LogP contribution in [0.15, 0.2) is 176 Å². The maximum atomic E-state index is 15.1. The van der Waals surface area contributed by atoms with Crippen LogP contribution >= 0.6 is 0 Å². The van der Waals surface area contributed by atoms with E-state index < -0.39 is 11.7 Å². The Hall–Kier alpha value is -13.5. The van der Waals surface area contributed by atoms with E-state index in [4.69, 9.17) is 26.3 Å². The number of aromatic nitrogens is 2. The molecule has 0 unspecified atom stereocenters. The Bertz CT molecular complexity index is 5100. The molecule has 12 nitrogen and oxygen atoms in total. The van der Waals surface area contributed by atoms with Gasteiger partial charge >= 0.3 is 6.18 Å². The van der Waals surface area contributed by atoms with Crippen molar-refractivity contribution in [1.82, 2.24) is 9.13 Å². The number of nitriles is 5. The fraction of sp³-hybridized carbons (Fsp3) is 0.0141. The SMILES string of the molecule is [C-]#[N+]c1cc(C#N)cc(-c2ccc3c4ccc(-c5cc(C#N)cc([N+]#[C-])c5)cc4n(-c4ccc(-c5cc(C#N)cc(C(F)(F)F)c5)c(-n5c6cc(-c7cc(C#N)cc([N+]#[C-])c7)ccc6c6ccc(-c7cc(C#N)cc([N+]#[C-])c7)cc65)c4[N+]#[C-])c3c2)c1. The molecule has 12 rings (SSSR count). The molecule has 0 saturated carbocycles. The van der Waals surface area contributed by atoms with E-state index in [2.05, 4.69) is 48.5 Å². The summed E-state index contributed by atoms with van der Waals surface area (Å²) in [5.41, 5.74) is 6.79. The summed E-state index contributed by atoms with van der Waals surface area (Å²) in [6.07, 6.45) is -4.92. The first-order valence-corrected chi connectivity index (χ1v) is 25.8. The average Bonchev–Trinajstić information content (AvgIpc) is 1.74. The zero-order chi connectivity index (χ0) is 60.1. The molecule has 0 aliphatic carbocycles. The predicted molar refractivity (Wildman–Crippen MR) is 322 cm³/mol. The second-order valence-electron chi connectivity index (χ2n) is 19.9. The van der Waals surface area contributed by atoms with Crippen molar-refractivity contribution in [2.75, 3.05) is 0 Å². The van der Waals surface area contributed by atoms with Crippen molar-refractivity contribution in [3.05, 3.63) is 266 Å². The summed E-state index contributed by atoms with van der Waals surface area (Å²) in [6, 6.07) is 57.7. The molecule has 0 radical (unpaired) electrons. The van der Waals surface area contributed by atoms with Crippen LogP contribution in [0.2, 0.25) is 0 Å². The first-order chi connectivity index (χ1) is 41.7. The van der Waals surface area contributed by atoms with E-state index >= 15 is 13.2 Å². The average molecular weight is 1110 g/mol. The first-order valence-electron chi connectivity index (χ1n) is 25.8. The highest BCUT2D eigenvalue weighted by Crippen LogP contribution is 2.49. The summed E-state index contributed by atoms with van der Waals surface area (Å²) >= 11 is 0. The molecule has 0 saturated heterocycles. The Morgan fingerprint density at radius 3 is 0.965 bits per heavy atom. The molecule has 0 fully saturated rings. The Morgan fingerprint density at radius 2 is 0.651 bits per heavy atom. The molecule has 0 aliphatic rings. The third-order valence-electron chi connectivity index (χ3n) is 15.0. The van der Waals surface area contributed by atoms with Crippen LogP contribution in [-0.4, -0.2) is 9.13 Å². The summed E-state index contributed by atoms with van der Waals surface area (Å²) in [7, 11) is 0. The standard InChI is InChI=1S/C71H29F3N12/c1-80-55-22-41(36-76)16-49(27-55)45-6-10-60-61-11-7-46(50-17-42(37-77)23-56(28-50)81-2)32-66(61)85(65(60)31-45)64-15-14-59(53-20-40(35-75)21-54(26-53)71(72,73)74)70(69(64)84-5)86-67-33-47(51-18-43(38-78)24-57(29-51)82-3)8-12-62(67)63-13-9-48(34-68(63)86)52-19-44(39-79)25-58(30-52)83-4/h6-34H. The van der Waals surface area contributed by atoms with E-state index in [1.807, 2.05) is 83.4 Å². The van der Waals surface area contributed by atoms with Gasteiger partial charge in [-0.05, 0) is 177 Å². The number of alkyl halides is 3. The highest BCUT2D eigenvalue weighted by molar-refractivity contribution is 6.15. The highest BCUT2D eigenvalue weighted by Gasteiger charge is 2.33. The molecule has 86 heavy (non-hydrogen) atoms. The number of benzene rings is 10. The fourth-order valence-corrected chi connectivity index (χ4v) is 11.2. The van der Waals surface area contributed by atoms with Crippen LogP contribution in [0.25, 0.3) is 135 Å². The van der Waals surface area contributed by atoms with Gasteiger partial charge in [-0.3, -0.25) is 0 Å². The maximum Gasteiger partial charge on any atom is 0.416 e. The summed E-state index contributed by atoms with van der Waals surface area (Å²) in [5.74, 6) is 0. The molecule has 0 amide bonds. The molecule has 0 atom stereocenters. The van der Waals surface area contributed by atoms with Crippen LogP contribution in [0.4, 0.5) is 41.6 Å². The second-order valence-corrected chi connectivity index (χ2v) is 19.9. The van der Waals surface area contributed by atoms with E-state index in [0.717, 1.165) is 12.1 Å². The van der Waals surface area contributed by atoms with Gasteiger partial charge in [0.1, 0.15) is 0 Å². The minimum absolute atomic E-state index is 0.0651. The van der Waals surface area contributed by atoms with Crippen LogP contribution in [0, 0.1) is 89.5 Å². The molecule has 10 aromatic carbocycles. The normalized spacial score (nSPS) is 10.8.